The highest BCUT2D eigenvalue weighted by molar-refractivity contribution is 14.1. The average molecular weight is 317 g/mol. The van der Waals surface area contributed by atoms with Gasteiger partial charge in [0.25, 0.3) is 0 Å². The van der Waals surface area contributed by atoms with Crippen LogP contribution in [-0.2, 0) is 6.42 Å². The monoisotopic (exact) mass is 317 g/mol. The molecule has 2 rings (SSSR count). The Bertz CT molecular complexity index is 527. The molecule has 0 saturated carbocycles. The summed E-state index contributed by atoms with van der Waals surface area (Å²) in [7, 11) is 0. The lowest BCUT2D eigenvalue weighted by Gasteiger charge is -2.02. The van der Waals surface area contributed by atoms with Gasteiger partial charge in [-0.1, -0.05) is 0 Å². The van der Waals surface area contributed by atoms with Crippen molar-refractivity contribution in [2.45, 2.75) is 6.42 Å². The number of nitrogens with zero attached hydrogens (tertiary/aromatic N) is 1. The molecule has 0 unspecified atom stereocenters. The molecule has 0 spiro atoms. The first kappa shape index (κ1) is 9.87. The summed E-state index contributed by atoms with van der Waals surface area (Å²) in [6.45, 7) is 0. The normalized spacial score (nSPS) is 10.4. The average Bonchev–Trinajstić information content (AvgIpc) is 2.60. The van der Waals surface area contributed by atoms with Crippen LogP contribution in [0.1, 0.15) is 5.56 Å². The number of hydrogen-bond acceptors (Lipinski definition) is 2. The number of benzene rings is 1. The van der Waals surface area contributed by atoms with E-state index in [0.29, 0.717) is 11.1 Å². The second-order valence-corrected chi connectivity index (χ2v) is 4.90. The molecule has 0 atom stereocenters. The van der Waals surface area contributed by atoms with Gasteiger partial charge in [-0.2, -0.15) is 5.26 Å². The molecule has 1 heterocycles. The number of rotatable bonds is 1. The van der Waals surface area contributed by atoms with E-state index in [1.807, 2.05) is 11.4 Å². The van der Waals surface area contributed by atoms with Gasteiger partial charge in [-0.25, -0.2) is 4.39 Å². The van der Waals surface area contributed by atoms with Crippen molar-refractivity contribution in [2.75, 3.05) is 0 Å². The van der Waals surface area contributed by atoms with E-state index in [2.05, 4.69) is 28.7 Å². The number of fused-ring (bicyclic) bond motifs is 1. The third-order valence-electron chi connectivity index (χ3n) is 2.00. The summed E-state index contributed by atoms with van der Waals surface area (Å²) in [4.78, 5) is 0. The lowest BCUT2D eigenvalue weighted by Crippen LogP contribution is -1.90. The Kier molecular flexibility index (Phi) is 2.70. The Morgan fingerprint density at radius 1 is 1.57 bits per heavy atom. The van der Waals surface area contributed by atoms with E-state index in [9.17, 15) is 4.39 Å². The fourth-order valence-electron chi connectivity index (χ4n) is 1.38. The van der Waals surface area contributed by atoms with Gasteiger partial charge in [-0.05, 0) is 45.7 Å². The first-order valence-corrected chi connectivity index (χ1v) is 5.91. The number of halogens is 2. The highest BCUT2D eigenvalue weighted by Gasteiger charge is 2.10. The minimum Gasteiger partial charge on any atom is -0.205 e. The predicted octanol–water partition coefficient (Wildman–Crippen LogP) is 3.71. The van der Waals surface area contributed by atoms with Crippen LogP contribution in [0.2, 0.25) is 0 Å². The maximum absolute atomic E-state index is 13.4. The Hall–Kier alpha value is -0.670. The highest BCUT2D eigenvalue weighted by Crippen LogP contribution is 2.30. The second kappa shape index (κ2) is 3.83. The van der Waals surface area contributed by atoms with E-state index in [4.69, 9.17) is 5.26 Å². The van der Waals surface area contributed by atoms with Crippen LogP contribution in [-0.4, -0.2) is 0 Å². The van der Waals surface area contributed by atoms with Crippen molar-refractivity contribution in [1.29, 1.82) is 5.26 Å². The zero-order valence-corrected chi connectivity index (χ0v) is 10.0. The van der Waals surface area contributed by atoms with E-state index in [0.717, 1.165) is 14.5 Å². The number of thiophene rings is 1. The third-order valence-corrected chi connectivity index (χ3v) is 3.89. The predicted molar refractivity (Wildman–Crippen MR) is 63.8 cm³/mol. The maximum Gasteiger partial charge on any atom is 0.142 e. The van der Waals surface area contributed by atoms with Gasteiger partial charge in [0.05, 0.1) is 17.2 Å². The first-order chi connectivity index (χ1) is 6.74. The Morgan fingerprint density at radius 2 is 2.36 bits per heavy atom. The van der Waals surface area contributed by atoms with Gasteiger partial charge >= 0.3 is 0 Å². The third kappa shape index (κ3) is 1.51. The summed E-state index contributed by atoms with van der Waals surface area (Å²) in [5.74, 6) is -0.193. The fraction of sp³-hybridized carbons (Fsp3) is 0.100. The zero-order valence-electron chi connectivity index (χ0n) is 7.05. The van der Waals surface area contributed by atoms with E-state index < -0.39 is 0 Å². The smallest absolute Gasteiger partial charge is 0.142 e. The number of nitriles is 1. The first-order valence-electron chi connectivity index (χ1n) is 3.95. The van der Waals surface area contributed by atoms with Crippen LogP contribution >= 0.6 is 33.9 Å². The van der Waals surface area contributed by atoms with Crippen LogP contribution in [0.4, 0.5) is 4.39 Å². The van der Waals surface area contributed by atoms with E-state index >= 15 is 0 Å². The van der Waals surface area contributed by atoms with Crippen LogP contribution < -0.4 is 0 Å². The molecule has 0 N–H and O–H groups in total. The van der Waals surface area contributed by atoms with Crippen molar-refractivity contribution in [3.8, 4) is 6.07 Å². The molecule has 0 amide bonds. The van der Waals surface area contributed by atoms with Gasteiger partial charge in [-0.3, -0.25) is 0 Å². The van der Waals surface area contributed by atoms with E-state index in [-0.39, 0.29) is 5.82 Å². The second-order valence-electron chi connectivity index (χ2n) is 2.82. The molecule has 70 valence electrons. The summed E-state index contributed by atoms with van der Waals surface area (Å²) in [5.41, 5.74) is 0.936. The molecule has 0 radical (unpaired) electrons. The van der Waals surface area contributed by atoms with Gasteiger partial charge in [0.1, 0.15) is 5.82 Å². The van der Waals surface area contributed by atoms with Crippen molar-refractivity contribution in [3.05, 3.63) is 32.5 Å². The molecular formula is C10H5FINS. The SMILES string of the molecule is N#CCc1c(I)cc(F)c2sccc12. The van der Waals surface area contributed by atoms with Crippen LogP contribution in [0.5, 0.6) is 0 Å². The molecule has 0 aliphatic heterocycles. The standard InChI is InChI=1S/C10H5FINS/c11-8-5-9(12)6(1-3-13)7-2-4-14-10(7)8/h2,4-5H,1H2. The largest absolute Gasteiger partial charge is 0.205 e. The lowest BCUT2D eigenvalue weighted by molar-refractivity contribution is 0.640. The Balaban J connectivity index is 2.81. The summed E-state index contributed by atoms with van der Waals surface area (Å²) >= 11 is 3.44. The molecule has 1 nitrogen and oxygen atoms in total. The molecule has 1 aromatic heterocycles. The molecular weight excluding hydrogens is 312 g/mol. The molecule has 4 heteroatoms. The van der Waals surface area contributed by atoms with Crippen LogP contribution in [0.15, 0.2) is 17.5 Å². The van der Waals surface area contributed by atoms with Crippen molar-refractivity contribution < 1.29 is 4.39 Å². The minimum atomic E-state index is -0.193. The molecule has 0 fully saturated rings. The van der Waals surface area contributed by atoms with Gasteiger partial charge in [0.2, 0.25) is 0 Å². The zero-order chi connectivity index (χ0) is 10.1. The van der Waals surface area contributed by atoms with Crippen molar-refractivity contribution in [2.24, 2.45) is 0 Å². The molecule has 1 aromatic carbocycles. The Morgan fingerprint density at radius 3 is 3.07 bits per heavy atom. The molecule has 0 saturated heterocycles. The van der Waals surface area contributed by atoms with Gasteiger partial charge in [0, 0.05) is 8.96 Å². The summed E-state index contributed by atoms with van der Waals surface area (Å²) < 4.78 is 14.9. The lowest BCUT2D eigenvalue weighted by atomic mass is 10.1. The molecule has 2 aromatic rings. The molecule has 0 aliphatic rings. The van der Waals surface area contributed by atoms with E-state index in [1.54, 1.807) is 0 Å². The minimum absolute atomic E-state index is 0.193. The van der Waals surface area contributed by atoms with Crippen LogP contribution in [0.3, 0.4) is 0 Å². The van der Waals surface area contributed by atoms with Crippen molar-refractivity contribution >= 4 is 44.0 Å². The van der Waals surface area contributed by atoms with Gasteiger partial charge < -0.3 is 0 Å². The quantitative estimate of drug-likeness (QED) is 0.736. The van der Waals surface area contributed by atoms with Crippen LogP contribution in [0, 0.1) is 20.7 Å². The van der Waals surface area contributed by atoms with Gasteiger partial charge in [-0.15, -0.1) is 11.3 Å². The number of hydrogen-bond donors (Lipinski definition) is 0. The Labute approximate surface area is 98.3 Å². The summed E-state index contributed by atoms with van der Waals surface area (Å²) in [6, 6.07) is 5.47. The van der Waals surface area contributed by atoms with Crippen molar-refractivity contribution in [1.82, 2.24) is 0 Å². The van der Waals surface area contributed by atoms with E-state index in [1.165, 1.54) is 17.4 Å². The maximum atomic E-state index is 13.4. The van der Waals surface area contributed by atoms with Gasteiger partial charge in [0.15, 0.2) is 0 Å². The highest BCUT2D eigenvalue weighted by atomic mass is 127. The molecule has 0 aliphatic carbocycles. The molecule has 14 heavy (non-hydrogen) atoms. The van der Waals surface area contributed by atoms with Crippen LogP contribution in [0.25, 0.3) is 10.1 Å². The fourth-order valence-corrected chi connectivity index (χ4v) is 2.97. The topological polar surface area (TPSA) is 23.8 Å². The summed E-state index contributed by atoms with van der Waals surface area (Å²) in [5, 5.41) is 11.4. The van der Waals surface area contributed by atoms with Crippen molar-refractivity contribution in [3.63, 3.8) is 0 Å². The summed E-state index contributed by atoms with van der Waals surface area (Å²) in [6.07, 6.45) is 0.339. The molecule has 0 bridgehead atoms.